The normalized spacial score (nSPS) is 13.7. The maximum absolute atomic E-state index is 12.1. The standard InChI is InChI=1S/C12H18F3N3/c1-4-16-8(2)10-7-17-11(18-9(10)3)5-6-12(13,14)15/h7-8,16H,4-6H2,1-3H3. The van der Waals surface area contributed by atoms with Crippen molar-refractivity contribution in [1.29, 1.82) is 0 Å². The van der Waals surface area contributed by atoms with Crippen LogP contribution in [0.5, 0.6) is 0 Å². The van der Waals surface area contributed by atoms with E-state index in [1.165, 1.54) is 0 Å². The van der Waals surface area contributed by atoms with E-state index in [1.807, 2.05) is 13.8 Å². The molecule has 0 aliphatic heterocycles. The predicted molar refractivity (Wildman–Crippen MR) is 63.2 cm³/mol. The molecule has 0 saturated carbocycles. The van der Waals surface area contributed by atoms with Crippen LogP contribution in [0.2, 0.25) is 0 Å². The summed E-state index contributed by atoms with van der Waals surface area (Å²) < 4.78 is 36.3. The molecule has 18 heavy (non-hydrogen) atoms. The molecule has 1 N–H and O–H groups in total. The lowest BCUT2D eigenvalue weighted by Gasteiger charge is -2.15. The highest BCUT2D eigenvalue weighted by Gasteiger charge is 2.27. The summed E-state index contributed by atoms with van der Waals surface area (Å²) in [5.74, 6) is 0.247. The maximum Gasteiger partial charge on any atom is 0.389 e. The van der Waals surface area contributed by atoms with Crippen LogP contribution in [0.15, 0.2) is 6.20 Å². The van der Waals surface area contributed by atoms with Crippen molar-refractivity contribution in [2.45, 2.75) is 45.8 Å². The second-order valence-electron chi connectivity index (χ2n) is 4.22. The van der Waals surface area contributed by atoms with Gasteiger partial charge in [-0.25, -0.2) is 9.97 Å². The van der Waals surface area contributed by atoms with E-state index >= 15 is 0 Å². The first-order chi connectivity index (χ1) is 8.33. The van der Waals surface area contributed by atoms with Crippen molar-refractivity contribution in [1.82, 2.24) is 15.3 Å². The fraction of sp³-hybridized carbons (Fsp3) is 0.667. The van der Waals surface area contributed by atoms with E-state index in [4.69, 9.17) is 0 Å². The number of alkyl halides is 3. The molecule has 0 aromatic carbocycles. The fourth-order valence-electron chi connectivity index (χ4n) is 1.74. The van der Waals surface area contributed by atoms with Gasteiger partial charge in [-0.15, -0.1) is 0 Å². The molecule has 1 heterocycles. The van der Waals surface area contributed by atoms with Crippen molar-refractivity contribution in [2.24, 2.45) is 0 Å². The first-order valence-electron chi connectivity index (χ1n) is 5.96. The second kappa shape index (κ2) is 6.13. The van der Waals surface area contributed by atoms with Gasteiger partial charge in [0.1, 0.15) is 5.82 Å². The molecular formula is C12H18F3N3. The first-order valence-corrected chi connectivity index (χ1v) is 5.96. The zero-order chi connectivity index (χ0) is 13.8. The molecule has 1 rings (SSSR count). The zero-order valence-corrected chi connectivity index (χ0v) is 10.8. The summed E-state index contributed by atoms with van der Waals surface area (Å²) in [6.45, 7) is 6.58. The summed E-state index contributed by atoms with van der Waals surface area (Å²) in [6, 6.07) is 0.103. The molecule has 102 valence electrons. The van der Waals surface area contributed by atoms with Gasteiger partial charge in [-0.2, -0.15) is 13.2 Å². The van der Waals surface area contributed by atoms with Crippen molar-refractivity contribution in [3.05, 3.63) is 23.3 Å². The van der Waals surface area contributed by atoms with Crippen LogP contribution in [0.3, 0.4) is 0 Å². The van der Waals surface area contributed by atoms with Gasteiger partial charge in [0.25, 0.3) is 0 Å². The molecule has 0 spiro atoms. The minimum atomic E-state index is -4.16. The molecule has 3 nitrogen and oxygen atoms in total. The average molecular weight is 261 g/mol. The Kier molecular flexibility index (Phi) is 5.07. The van der Waals surface area contributed by atoms with Gasteiger partial charge in [0.15, 0.2) is 0 Å². The van der Waals surface area contributed by atoms with Crippen molar-refractivity contribution in [3.63, 3.8) is 0 Å². The van der Waals surface area contributed by atoms with Crippen LogP contribution < -0.4 is 5.32 Å². The molecule has 6 heteroatoms. The number of halogens is 3. The van der Waals surface area contributed by atoms with E-state index in [1.54, 1.807) is 13.1 Å². The first kappa shape index (κ1) is 14.9. The highest BCUT2D eigenvalue weighted by Crippen LogP contribution is 2.22. The van der Waals surface area contributed by atoms with Crippen LogP contribution in [0.1, 0.15) is 43.4 Å². The van der Waals surface area contributed by atoms with Crippen molar-refractivity contribution >= 4 is 0 Å². The van der Waals surface area contributed by atoms with Gasteiger partial charge in [0.2, 0.25) is 0 Å². The van der Waals surface area contributed by atoms with Crippen molar-refractivity contribution in [2.75, 3.05) is 6.54 Å². The third-order valence-corrected chi connectivity index (χ3v) is 2.68. The summed E-state index contributed by atoms with van der Waals surface area (Å²) >= 11 is 0. The molecule has 0 fully saturated rings. The lowest BCUT2D eigenvalue weighted by atomic mass is 10.1. The summed E-state index contributed by atoms with van der Waals surface area (Å²) in [6.07, 6.45) is -3.59. The molecule has 0 aliphatic rings. The predicted octanol–water partition coefficient (Wildman–Crippen LogP) is 2.95. The Morgan fingerprint density at radius 3 is 2.56 bits per heavy atom. The summed E-state index contributed by atoms with van der Waals surface area (Å²) in [4.78, 5) is 8.12. The van der Waals surface area contributed by atoms with E-state index in [0.29, 0.717) is 0 Å². The fourth-order valence-corrected chi connectivity index (χ4v) is 1.74. The third-order valence-electron chi connectivity index (χ3n) is 2.68. The van der Waals surface area contributed by atoms with E-state index in [-0.39, 0.29) is 18.3 Å². The van der Waals surface area contributed by atoms with Gasteiger partial charge in [0.05, 0.1) is 6.42 Å². The Bertz CT molecular complexity index is 391. The quantitative estimate of drug-likeness (QED) is 0.885. The topological polar surface area (TPSA) is 37.8 Å². The van der Waals surface area contributed by atoms with Crippen LogP contribution in [-0.2, 0) is 6.42 Å². The smallest absolute Gasteiger partial charge is 0.310 e. The number of aryl methyl sites for hydroxylation is 2. The van der Waals surface area contributed by atoms with Gasteiger partial charge in [0, 0.05) is 29.9 Å². The average Bonchev–Trinajstić information content (AvgIpc) is 2.25. The van der Waals surface area contributed by atoms with Gasteiger partial charge in [-0.1, -0.05) is 6.92 Å². The van der Waals surface area contributed by atoms with Crippen molar-refractivity contribution in [3.8, 4) is 0 Å². The Morgan fingerprint density at radius 2 is 2.06 bits per heavy atom. The van der Waals surface area contributed by atoms with Crippen LogP contribution in [0, 0.1) is 6.92 Å². The van der Waals surface area contributed by atoms with E-state index in [0.717, 1.165) is 17.8 Å². The Hall–Kier alpha value is -1.17. The minimum absolute atomic E-state index is 0.103. The SMILES string of the molecule is CCNC(C)c1cnc(CCC(F)(F)F)nc1C. The highest BCUT2D eigenvalue weighted by atomic mass is 19.4. The number of hydrogen-bond acceptors (Lipinski definition) is 3. The molecule has 0 bridgehead atoms. The molecule has 0 saturated heterocycles. The maximum atomic E-state index is 12.1. The van der Waals surface area contributed by atoms with Crippen LogP contribution in [0.4, 0.5) is 13.2 Å². The Balaban J connectivity index is 2.73. The monoisotopic (exact) mass is 261 g/mol. The lowest BCUT2D eigenvalue weighted by Crippen LogP contribution is -2.20. The van der Waals surface area contributed by atoms with Gasteiger partial charge < -0.3 is 5.32 Å². The Morgan fingerprint density at radius 1 is 1.39 bits per heavy atom. The van der Waals surface area contributed by atoms with Gasteiger partial charge in [-0.05, 0) is 20.4 Å². The molecule has 0 radical (unpaired) electrons. The zero-order valence-electron chi connectivity index (χ0n) is 10.8. The number of nitrogens with zero attached hydrogens (tertiary/aromatic N) is 2. The number of nitrogens with one attached hydrogen (secondary N) is 1. The molecule has 1 atom stereocenters. The minimum Gasteiger partial charge on any atom is -0.310 e. The van der Waals surface area contributed by atoms with E-state index in [2.05, 4.69) is 15.3 Å². The lowest BCUT2D eigenvalue weighted by molar-refractivity contribution is -0.134. The van der Waals surface area contributed by atoms with Gasteiger partial charge >= 0.3 is 6.18 Å². The molecule has 1 unspecified atom stereocenters. The summed E-state index contributed by atoms with van der Waals surface area (Å²) in [5, 5.41) is 3.22. The largest absolute Gasteiger partial charge is 0.389 e. The third kappa shape index (κ3) is 4.60. The van der Waals surface area contributed by atoms with Crippen LogP contribution >= 0.6 is 0 Å². The highest BCUT2D eigenvalue weighted by molar-refractivity contribution is 5.19. The second-order valence-corrected chi connectivity index (χ2v) is 4.22. The molecular weight excluding hydrogens is 243 g/mol. The Labute approximate surface area is 105 Å². The molecule has 1 aromatic rings. The van der Waals surface area contributed by atoms with E-state index in [9.17, 15) is 13.2 Å². The molecule has 1 aromatic heterocycles. The summed E-state index contributed by atoms with van der Waals surface area (Å²) in [7, 11) is 0. The van der Waals surface area contributed by atoms with Crippen LogP contribution in [0.25, 0.3) is 0 Å². The number of hydrogen-bond donors (Lipinski definition) is 1. The number of rotatable bonds is 5. The van der Waals surface area contributed by atoms with Crippen LogP contribution in [-0.4, -0.2) is 22.7 Å². The van der Waals surface area contributed by atoms with E-state index < -0.39 is 12.6 Å². The van der Waals surface area contributed by atoms with Crippen molar-refractivity contribution < 1.29 is 13.2 Å². The molecule has 0 aliphatic carbocycles. The van der Waals surface area contributed by atoms with Gasteiger partial charge in [-0.3, -0.25) is 0 Å². The summed E-state index contributed by atoms with van der Waals surface area (Å²) in [5.41, 5.74) is 1.66. The molecule has 0 amide bonds. The number of aromatic nitrogens is 2.